The van der Waals surface area contributed by atoms with Crippen molar-refractivity contribution >= 4 is 22.7 Å². The molecule has 0 bridgehead atoms. The van der Waals surface area contributed by atoms with E-state index >= 15 is 0 Å². The van der Waals surface area contributed by atoms with Gasteiger partial charge in [0.2, 0.25) is 0 Å². The fourth-order valence-corrected chi connectivity index (χ4v) is 2.71. The van der Waals surface area contributed by atoms with Crippen LogP contribution in [0.1, 0.15) is 11.3 Å². The van der Waals surface area contributed by atoms with Crippen LogP contribution in [0, 0.1) is 0 Å². The van der Waals surface area contributed by atoms with E-state index in [9.17, 15) is 0 Å². The van der Waals surface area contributed by atoms with Gasteiger partial charge in [-0.2, -0.15) is 0 Å². The first-order valence-electron chi connectivity index (χ1n) is 5.26. The van der Waals surface area contributed by atoms with Crippen LogP contribution in [-0.2, 0) is 13.0 Å². The molecular formula is C12H14N2S. The van der Waals surface area contributed by atoms with Crippen molar-refractivity contribution in [2.75, 3.05) is 12.8 Å². The van der Waals surface area contributed by atoms with Gasteiger partial charge < -0.3 is 10.3 Å². The van der Waals surface area contributed by atoms with Crippen molar-refractivity contribution < 1.29 is 0 Å². The number of nitrogens with one attached hydrogen (secondary N) is 2. The summed E-state index contributed by atoms with van der Waals surface area (Å²) >= 11 is 1.81. The Kier molecular flexibility index (Phi) is 2.22. The number of aromatic amines is 1. The lowest BCUT2D eigenvalue weighted by Gasteiger charge is -2.12. The van der Waals surface area contributed by atoms with E-state index in [0.29, 0.717) is 0 Å². The van der Waals surface area contributed by atoms with Crippen molar-refractivity contribution in [1.29, 1.82) is 0 Å². The molecule has 0 amide bonds. The average Bonchev–Trinajstić information content (AvgIpc) is 2.66. The average molecular weight is 218 g/mol. The van der Waals surface area contributed by atoms with E-state index in [1.165, 1.54) is 27.1 Å². The lowest BCUT2D eigenvalue weighted by atomic mass is 10.1. The summed E-state index contributed by atoms with van der Waals surface area (Å²) in [6, 6.07) is 6.68. The highest BCUT2D eigenvalue weighted by Crippen LogP contribution is 2.28. The molecule has 0 saturated heterocycles. The zero-order chi connectivity index (χ0) is 10.3. The SMILES string of the molecule is CSc1ccc2[nH]c3c(c2c1)CCNC3. The fourth-order valence-electron chi connectivity index (χ4n) is 2.27. The smallest absolute Gasteiger partial charge is 0.0460 e. The van der Waals surface area contributed by atoms with Crippen LogP contribution in [0.5, 0.6) is 0 Å². The first-order chi connectivity index (χ1) is 7.38. The van der Waals surface area contributed by atoms with Crippen LogP contribution in [0.25, 0.3) is 10.9 Å². The Hall–Kier alpha value is -0.930. The first kappa shape index (κ1) is 9.31. The minimum atomic E-state index is 0.985. The molecule has 15 heavy (non-hydrogen) atoms. The van der Waals surface area contributed by atoms with Gasteiger partial charge in [0.25, 0.3) is 0 Å². The molecule has 0 unspecified atom stereocenters. The van der Waals surface area contributed by atoms with Crippen molar-refractivity contribution in [3.63, 3.8) is 0 Å². The number of thioether (sulfide) groups is 1. The van der Waals surface area contributed by atoms with Crippen LogP contribution >= 0.6 is 11.8 Å². The topological polar surface area (TPSA) is 27.8 Å². The van der Waals surface area contributed by atoms with Crippen molar-refractivity contribution in [3.8, 4) is 0 Å². The van der Waals surface area contributed by atoms with Crippen LogP contribution in [0.15, 0.2) is 23.1 Å². The van der Waals surface area contributed by atoms with Gasteiger partial charge in [-0.3, -0.25) is 0 Å². The molecule has 0 spiro atoms. The second-order valence-electron chi connectivity index (χ2n) is 3.92. The van der Waals surface area contributed by atoms with Gasteiger partial charge >= 0.3 is 0 Å². The number of rotatable bonds is 1. The van der Waals surface area contributed by atoms with Crippen molar-refractivity contribution in [2.24, 2.45) is 0 Å². The van der Waals surface area contributed by atoms with Crippen LogP contribution in [0.2, 0.25) is 0 Å². The molecule has 1 aromatic heterocycles. The molecule has 1 aromatic carbocycles. The molecule has 2 N–H and O–H groups in total. The first-order valence-corrected chi connectivity index (χ1v) is 6.49. The Labute approximate surface area is 93.4 Å². The summed E-state index contributed by atoms with van der Waals surface area (Å²) in [7, 11) is 0. The largest absolute Gasteiger partial charge is 0.357 e. The number of aromatic nitrogens is 1. The Morgan fingerprint density at radius 2 is 2.27 bits per heavy atom. The van der Waals surface area contributed by atoms with E-state index in [1.54, 1.807) is 0 Å². The van der Waals surface area contributed by atoms with E-state index in [-0.39, 0.29) is 0 Å². The third-order valence-electron chi connectivity index (χ3n) is 3.06. The molecule has 2 nitrogen and oxygen atoms in total. The monoisotopic (exact) mass is 218 g/mol. The maximum absolute atomic E-state index is 3.50. The second kappa shape index (κ2) is 3.58. The van der Waals surface area contributed by atoms with Crippen molar-refractivity contribution in [2.45, 2.75) is 17.9 Å². The van der Waals surface area contributed by atoms with Crippen molar-refractivity contribution in [1.82, 2.24) is 10.3 Å². The zero-order valence-electron chi connectivity index (χ0n) is 8.76. The van der Waals surface area contributed by atoms with E-state index in [1.807, 2.05) is 11.8 Å². The molecule has 78 valence electrons. The normalized spacial score (nSPS) is 15.5. The Balaban J connectivity index is 2.24. The van der Waals surface area contributed by atoms with Crippen LogP contribution in [-0.4, -0.2) is 17.8 Å². The van der Waals surface area contributed by atoms with Gasteiger partial charge in [0.1, 0.15) is 0 Å². The lowest BCUT2D eigenvalue weighted by Crippen LogP contribution is -2.22. The predicted molar refractivity (Wildman–Crippen MR) is 65.5 cm³/mol. The maximum Gasteiger partial charge on any atom is 0.0460 e. The Bertz CT molecular complexity index is 502. The molecule has 0 radical (unpaired) electrons. The van der Waals surface area contributed by atoms with Gasteiger partial charge in [0.05, 0.1) is 0 Å². The second-order valence-corrected chi connectivity index (χ2v) is 4.80. The molecular weight excluding hydrogens is 204 g/mol. The van der Waals surface area contributed by atoms with Crippen LogP contribution < -0.4 is 5.32 Å². The Morgan fingerprint density at radius 1 is 1.33 bits per heavy atom. The fraction of sp³-hybridized carbons (Fsp3) is 0.333. The minimum absolute atomic E-state index is 0.985. The third-order valence-corrected chi connectivity index (χ3v) is 3.78. The molecule has 3 rings (SSSR count). The Morgan fingerprint density at radius 3 is 3.13 bits per heavy atom. The summed E-state index contributed by atoms with van der Waals surface area (Å²) in [5.41, 5.74) is 4.16. The maximum atomic E-state index is 3.50. The quantitative estimate of drug-likeness (QED) is 0.720. The predicted octanol–water partition coefficient (Wildman–Crippen LogP) is 2.54. The van der Waals surface area contributed by atoms with Gasteiger partial charge in [-0.15, -0.1) is 11.8 Å². The number of hydrogen-bond donors (Lipinski definition) is 2. The minimum Gasteiger partial charge on any atom is -0.357 e. The summed E-state index contributed by atoms with van der Waals surface area (Å²) in [6.07, 6.45) is 3.27. The summed E-state index contributed by atoms with van der Waals surface area (Å²) in [5.74, 6) is 0. The molecule has 0 fully saturated rings. The third kappa shape index (κ3) is 1.46. The highest BCUT2D eigenvalue weighted by atomic mass is 32.2. The summed E-state index contributed by atoms with van der Waals surface area (Å²) in [4.78, 5) is 4.85. The number of fused-ring (bicyclic) bond motifs is 3. The molecule has 0 saturated carbocycles. The van der Waals surface area contributed by atoms with Gasteiger partial charge in [-0.1, -0.05) is 0 Å². The van der Waals surface area contributed by atoms with Gasteiger partial charge in [-0.05, 0) is 43.0 Å². The molecule has 2 heterocycles. The van der Waals surface area contributed by atoms with Gasteiger partial charge in [-0.25, -0.2) is 0 Å². The molecule has 0 aliphatic carbocycles. The molecule has 3 heteroatoms. The molecule has 1 aliphatic rings. The lowest BCUT2D eigenvalue weighted by molar-refractivity contribution is 0.637. The van der Waals surface area contributed by atoms with Crippen molar-refractivity contribution in [3.05, 3.63) is 29.5 Å². The highest BCUT2D eigenvalue weighted by molar-refractivity contribution is 7.98. The molecule has 1 aliphatic heterocycles. The molecule has 2 aromatic rings. The van der Waals surface area contributed by atoms with Crippen LogP contribution in [0.4, 0.5) is 0 Å². The van der Waals surface area contributed by atoms with Gasteiger partial charge in [0, 0.05) is 28.0 Å². The zero-order valence-corrected chi connectivity index (χ0v) is 9.58. The number of H-pyrrole nitrogens is 1. The number of hydrogen-bond acceptors (Lipinski definition) is 2. The molecule has 0 atom stereocenters. The van der Waals surface area contributed by atoms with E-state index < -0.39 is 0 Å². The number of benzene rings is 1. The summed E-state index contributed by atoms with van der Waals surface area (Å²) in [6.45, 7) is 2.09. The van der Waals surface area contributed by atoms with Crippen LogP contribution in [0.3, 0.4) is 0 Å². The van der Waals surface area contributed by atoms with Gasteiger partial charge in [0.15, 0.2) is 0 Å². The standard InChI is InChI=1S/C12H14N2S/c1-15-8-2-3-11-10(6-8)9-4-5-13-7-12(9)14-11/h2-3,6,13-14H,4-5,7H2,1H3. The van der Waals surface area contributed by atoms with E-state index in [0.717, 1.165) is 19.5 Å². The summed E-state index contributed by atoms with van der Waals surface area (Å²) in [5, 5.41) is 4.81. The summed E-state index contributed by atoms with van der Waals surface area (Å²) < 4.78 is 0. The van der Waals surface area contributed by atoms with E-state index in [2.05, 4.69) is 34.8 Å². The highest BCUT2D eigenvalue weighted by Gasteiger charge is 2.14. The van der Waals surface area contributed by atoms with E-state index in [4.69, 9.17) is 0 Å².